The Morgan fingerprint density at radius 3 is 2.83 bits per heavy atom. The Hall–Kier alpha value is -3.44. The van der Waals surface area contributed by atoms with Crippen LogP contribution in [0.15, 0.2) is 63.9 Å². The van der Waals surface area contributed by atoms with Gasteiger partial charge in [0.1, 0.15) is 12.1 Å². The molecule has 0 saturated heterocycles. The molecule has 0 aliphatic heterocycles. The van der Waals surface area contributed by atoms with Crippen LogP contribution in [0.4, 0.5) is 5.69 Å². The number of carbonyl (C=O) groups is 1. The Kier molecular flexibility index (Phi) is 6.76. The number of nitrogens with one attached hydrogen (secondary N) is 2. The fourth-order valence-corrected chi connectivity index (χ4v) is 2.99. The Bertz CT molecular complexity index is 1030. The zero-order valence-electron chi connectivity index (χ0n) is 14.6. The molecule has 1 amide bonds. The van der Waals surface area contributed by atoms with E-state index in [1.165, 1.54) is 18.6 Å². The van der Waals surface area contributed by atoms with Crippen LogP contribution in [0, 0.1) is 10.1 Å². The van der Waals surface area contributed by atoms with Gasteiger partial charge in [0.2, 0.25) is 0 Å². The lowest BCUT2D eigenvalue weighted by molar-refractivity contribution is -0.387. The maximum Gasteiger partial charge on any atom is 0.283 e. The van der Waals surface area contributed by atoms with E-state index in [1.54, 1.807) is 36.4 Å². The highest BCUT2D eigenvalue weighted by Gasteiger charge is 2.16. The predicted molar refractivity (Wildman–Crippen MR) is 106 cm³/mol. The van der Waals surface area contributed by atoms with E-state index < -0.39 is 10.8 Å². The summed E-state index contributed by atoms with van der Waals surface area (Å²) < 4.78 is 5.29. The molecule has 3 aromatic rings. The number of H-pyrrole nitrogens is 1. The molecule has 12 heteroatoms. The van der Waals surface area contributed by atoms with Crippen molar-refractivity contribution < 1.29 is 14.5 Å². The first-order valence-electron chi connectivity index (χ1n) is 8.03. The lowest BCUT2D eigenvalue weighted by atomic mass is 10.2. The normalized spacial score (nSPS) is 10.8. The van der Waals surface area contributed by atoms with Gasteiger partial charge in [0.15, 0.2) is 11.8 Å². The molecule has 3 rings (SSSR count). The number of aromatic amines is 1. The van der Waals surface area contributed by atoms with Crippen LogP contribution in [0.5, 0.6) is 5.75 Å². The van der Waals surface area contributed by atoms with Crippen LogP contribution in [0.1, 0.15) is 5.56 Å². The average molecular weight is 433 g/mol. The second-order valence-electron chi connectivity index (χ2n) is 5.41. The fraction of sp³-hybridized carbons (Fsp3) is 0.0588. The molecule has 10 nitrogen and oxygen atoms in total. The van der Waals surface area contributed by atoms with Crippen molar-refractivity contribution in [1.29, 1.82) is 0 Å². The van der Waals surface area contributed by atoms with E-state index in [0.29, 0.717) is 26.4 Å². The standard InChI is InChI=1S/C17H13ClN6O4S/c18-12-2-4-13(5-3-12)28-9-16(25)22-20-8-11-1-6-15(14(7-11)24(26)27)29-17-19-10-21-23-17/h1-8,10H,9H2,(H,22,25)(H,19,21,23)/b20-8-. The third-order valence-corrected chi connectivity index (χ3v) is 4.57. The van der Waals surface area contributed by atoms with Crippen molar-refractivity contribution in [2.45, 2.75) is 10.1 Å². The molecule has 0 radical (unpaired) electrons. The van der Waals surface area contributed by atoms with E-state index >= 15 is 0 Å². The quantitative estimate of drug-likeness (QED) is 0.317. The van der Waals surface area contributed by atoms with Gasteiger partial charge >= 0.3 is 0 Å². The van der Waals surface area contributed by atoms with Crippen LogP contribution < -0.4 is 10.2 Å². The monoisotopic (exact) mass is 432 g/mol. The number of aromatic nitrogens is 3. The van der Waals surface area contributed by atoms with Gasteiger partial charge in [0, 0.05) is 16.7 Å². The predicted octanol–water partition coefficient (Wildman–Crippen LogP) is 3.05. The molecule has 0 atom stereocenters. The molecule has 1 heterocycles. The van der Waals surface area contributed by atoms with Crippen LogP contribution in [0.3, 0.4) is 0 Å². The van der Waals surface area contributed by atoms with Gasteiger partial charge in [-0.1, -0.05) is 17.7 Å². The molecule has 2 aromatic carbocycles. The van der Waals surface area contributed by atoms with Crippen LogP contribution in [-0.4, -0.2) is 38.8 Å². The Balaban J connectivity index is 1.58. The number of rotatable bonds is 8. The summed E-state index contributed by atoms with van der Waals surface area (Å²) in [4.78, 5) is 26.9. The van der Waals surface area contributed by atoms with E-state index in [1.807, 2.05) is 0 Å². The van der Waals surface area contributed by atoms with Crippen molar-refractivity contribution in [3.63, 3.8) is 0 Å². The van der Waals surface area contributed by atoms with Gasteiger partial charge in [-0.2, -0.15) is 10.2 Å². The first kappa shape index (κ1) is 20.3. The SMILES string of the molecule is O=C(COc1ccc(Cl)cc1)N/N=C\c1ccc(Sc2ncn[nH]2)c([N+](=O)[O-])c1. The zero-order chi connectivity index (χ0) is 20.6. The largest absolute Gasteiger partial charge is 0.484 e. The van der Waals surface area contributed by atoms with Crippen LogP contribution in [-0.2, 0) is 4.79 Å². The van der Waals surface area contributed by atoms with E-state index in [2.05, 4.69) is 25.7 Å². The minimum absolute atomic E-state index is 0.118. The summed E-state index contributed by atoms with van der Waals surface area (Å²) in [5.74, 6) is 0.00666. The number of nitro benzene ring substituents is 1. The Morgan fingerprint density at radius 1 is 1.34 bits per heavy atom. The highest BCUT2D eigenvalue weighted by atomic mass is 35.5. The molecule has 0 unspecified atom stereocenters. The summed E-state index contributed by atoms with van der Waals surface area (Å²) in [7, 11) is 0. The molecule has 0 saturated carbocycles. The zero-order valence-corrected chi connectivity index (χ0v) is 16.2. The molecular weight excluding hydrogens is 420 g/mol. The average Bonchev–Trinajstić information content (AvgIpc) is 3.21. The second kappa shape index (κ2) is 9.66. The number of hydrogen-bond donors (Lipinski definition) is 2. The number of benzene rings is 2. The highest BCUT2D eigenvalue weighted by molar-refractivity contribution is 7.99. The topological polar surface area (TPSA) is 135 Å². The first-order chi connectivity index (χ1) is 14.0. The van der Waals surface area contributed by atoms with Crippen molar-refractivity contribution in [3.05, 3.63) is 69.5 Å². The molecular formula is C17H13ClN6O4S. The number of hydrazone groups is 1. The van der Waals surface area contributed by atoms with Gasteiger partial charge in [-0.25, -0.2) is 10.4 Å². The smallest absolute Gasteiger partial charge is 0.283 e. The molecule has 148 valence electrons. The molecule has 0 bridgehead atoms. The number of amides is 1. The number of carbonyl (C=O) groups excluding carboxylic acids is 1. The molecule has 29 heavy (non-hydrogen) atoms. The highest BCUT2D eigenvalue weighted by Crippen LogP contribution is 2.33. The maximum atomic E-state index is 11.8. The lowest BCUT2D eigenvalue weighted by Crippen LogP contribution is -2.24. The molecule has 0 aliphatic rings. The molecule has 2 N–H and O–H groups in total. The van der Waals surface area contributed by atoms with Gasteiger partial charge in [-0.15, -0.1) is 0 Å². The molecule has 0 aliphatic carbocycles. The Morgan fingerprint density at radius 2 is 2.14 bits per heavy atom. The third kappa shape index (κ3) is 6.02. The van der Waals surface area contributed by atoms with Gasteiger partial charge in [0.25, 0.3) is 11.6 Å². The molecule has 1 aromatic heterocycles. The van der Waals surface area contributed by atoms with Crippen molar-refractivity contribution in [3.8, 4) is 5.75 Å². The summed E-state index contributed by atoms with van der Waals surface area (Å²) >= 11 is 6.85. The summed E-state index contributed by atoms with van der Waals surface area (Å²) in [6.07, 6.45) is 2.62. The summed E-state index contributed by atoms with van der Waals surface area (Å²) in [6.45, 7) is -0.244. The minimum atomic E-state index is -0.505. The Labute approximate surface area is 173 Å². The fourth-order valence-electron chi connectivity index (χ4n) is 2.08. The van der Waals surface area contributed by atoms with E-state index in [0.717, 1.165) is 11.8 Å². The van der Waals surface area contributed by atoms with Crippen LogP contribution >= 0.6 is 23.4 Å². The van der Waals surface area contributed by atoms with Crippen LogP contribution in [0.25, 0.3) is 0 Å². The molecule has 0 fully saturated rings. The van der Waals surface area contributed by atoms with Gasteiger partial charge in [0.05, 0.1) is 16.0 Å². The number of hydrogen-bond acceptors (Lipinski definition) is 8. The third-order valence-electron chi connectivity index (χ3n) is 3.37. The number of halogens is 1. The second-order valence-corrected chi connectivity index (χ2v) is 6.88. The first-order valence-corrected chi connectivity index (χ1v) is 9.22. The molecule has 0 spiro atoms. The summed E-state index contributed by atoms with van der Waals surface area (Å²) in [5, 5.41) is 22.4. The van der Waals surface area contributed by atoms with Crippen molar-refractivity contribution in [2.75, 3.05) is 6.61 Å². The van der Waals surface area contributed by atoms with E-state index in [4.69, 9.17) is 16.3 Å². The summed E-state index contributed by atoms with van der Waals surface area (Å²) in [5.41, 5.74) is 2.62. The van der Waals surface area contributed by atoms with Gasteiger partial charge < -0.3 is 4.74 Å². The van der Waals surface area contributed by atoms with Gasteiger partial charge in [-0.3, -0.25) is 20.0 Å². The van der Waals surface area contributed by atoms with Crippen molar-refractivity contribution in [2.24, 2.45) is 5.10 Å². The number of nitro groups is 1. The van der Waals surface area contributed by atoms with Crippen molar-refractivity contribution >= 4 is 41.2 Å². The van der Waals surface area contributed by atoms with E-state index in [-0.39, 0.29) is 12.3 Å². The van der Waals surface area contributed by atoms with Crippen molar-refractivity contribution in [1.82, 2.24) is 20.6 Å². The number of nitrogens with zero attached hydrogens (tertiary/aromatic N) is 4. The van der Waals surface area contributed by atoms with E-state index in [9.17, 15) is 14.9 Å². The lowest BCUT2D eigenvalue weighted by Gasteiger charge is -2.05. The maximum absolute atomic E-state index is 11.8. The minimum Gasteiger partial charge on any atom is -0.484 e. The summed E-state index contributed by atoms with van der Waals surface area (Å²) in [6, 6.07) is 11.1. The van der Waals surface area contributed by atoms with Crippen LogP contribution in [0.2, 0.25) is 5.02 Å². The number of ether oxygens (including phenoxy) is 1. The van der Waals surface area contributed by atoms with Gasteiger partial charge in [-0.05, 0) is 42.1 Å².